The van der Waals surface area contributed by atoms with Crippen LogP contribution in [0.3, 0.4) is 0 Å². The third kappa shape index (κ3) is 3.49. The Morgan fingerprint density at radius 2 is 2.04 bits per heavy atom. The van der Waals surface area contributed by atoms with Gasteiger partial charge < -0.3 is 5.32 Å². The first-order valence-corrected chi connectivity index (χ1v) is 12.0. The minimum atomic E-state index is -4.11. The molecule has 0 amide bonds. The van der Waals surface area contributed by atoms with Gasteiger partial charge in [-0.1, -0.05) is 11.6 Å². The van der Waals surface area contributed by atoms with Crippen molar-refractivity contribution in [3.05, 3.63) is 34.5 Å². The van der Waals surface area contributed by atoms with E-state index in [-0.39, 0.29) is 21.7 Å². The van der Waals surface area contributed by atoms with E-state index < -0.39 is 20.7 Å². The smallest absolute Gasteiger partial charge is 0.266 e. The quantitative estimate of drug-likeness (QED) is 0.699. The molecule has 1 aromatic heterocycles. The van der Waals surface area contributed by atoms with Crippen LogP contribution >= 0.6 is 22.9 Å². The topological polar surface area (TPSA) is 74.3 Å². The van der Waals surface area contributed by atoms with Crippen LogP contribution in [0.2, 0.25) is 5.02 Å². The summed E-state index contributed by atoms with van der Waals surface area (Å²) in [5.74, 6) is -0.852. The summed E-state index contributed by atoms with van der Waals surface area (Å²) in [4.78, 5) is 5.88. The van der Waals surface area contributed by atoms with E-state index in [0.717, 1.165) is 56.2 Å². The Morgan fingerprint density at radius 3 is 2.68 bits per heavy atom. The number of hydrogen-bond donors (Lipinski definition) is 2. The van der Waals surface area contributed by atoms with Crippen LogP contribution in [-0.2, 0) is 10.0 Å². The molecule has 2 fully saturated rings. The molecule has 0 aliphatic carbocycles. The molecule has 0 bridgehead atoms. The van der Waals surface area contributed by atoms with Gasteiger partial charge in [0.05, 0.1) is 10.7 Å². The molecule has 1 atom stereocenters. The highest BCUT2D eigenvalue weighted by Gasteiger charge is 2.48. The lowest BCUT2D eigenvalue weighted by molar-refractivity contribution is 0.174. The zero-order valence-corrected chi connectivity index (χ0v) is 17.8. The number of aromatic nitrogens is 1. The van der Waals surface area contributed by atoms with Crippen molar-refractivity contribution in [2.24, 2.45) is 0 Å². The average Bonchev–Trinajstić information content (AvgIpc) is 3.33. The summed E-state index contributed by atoms with van der Waals surface area (Å²) in [5, 5.41) is 5.32. The fourth-order valence-corrected chi connectivity index (χ4v) is 6.67. The van der Waals surface area contributed by atoms with E-state index in [1.165, 1.54) is 12.3 Å². The van der Waals surface area contributed by atoms with Gasteiger partial charge >= 0.3 is 0 Å². The molecule has 152 valence electrons. The van der Waals surface area contributed by atoms with Crippen molar-refractivity contribution in [2.45, 2.75) is 49.1 Å². The molecule has 2 aliphatic heterocycles. The molecule has 0 unspecified atom stereocenters. The molecule has 1 aromatic carbocycles. The van der Waals surface area contributed by atoms with E-state index in [1.54, 1.807) is 5.38 Å². The highest BCUT2D eigenvalue weighted by Crippen LogP contribution is 2.43. The van der Waals surface area contributed by atoms with E-state index in [0.29, 0.717) is 5.69 Å². The number of halogens is 2. The van der Waals surface area contributed by atoms with Gasteiger partial charge in [-0.3, -0.25) is 9.62 Å². The highest BCUT2D eigenvalue weighted by atomic mass is 35.5. The Balaban J connectivity index is 1.58. The summed E-state index contributed by atoms with van der Waals surface area (Å²) in [7, 11) is -4.11. The molecule has 0 radical (unpaired) electrons. The summed E-state index contributed by atoms with van der Waals surface area (Å²) < 4.78 is 42.0. The molecule has 28 heavy (non-hydrogen) atoms. The van der Waals surface area contributed by atoms with Crippen LogP contribution in [0.1, 0.15) is 32.6 Å². The summed E-state index contributed by atoms with van der Waals surface area (Å²) in [5.41, 5.74) is 0.477. The Hall–Kier alpha value is -1.42. The van der Waals surface area contributed by atoms with Crippen molar-refractivity contribution < 1.29 is 12.8 Å². The molecule has 6 nitrogen and oxygen atoms in total. The van der Waals surface area contributed by atoms with Crippen LogP contribution < -0.4 is 10.0 Å². The number of fused-ring (bicyclic) bond motifs is 1. The Bertz CT molecular complexity index is 958. The van der Waals surface area contributed by atoms with Crippen molar-refractivity contribution in [3.63, 3.8) is 0 Å². The third-order valence-electron chi connectivity index (χ3n) is 5.85. The number of anilines is 2. The largest absolute Gasteiger partial charge is 0.379 e. The predicted octanol–water partition coefficient (Wildman–Crippen LogP) is 4.17. The molecular weight excluding hydrogens is 423 g/mol. The first-order valence-electron chi connectivity index (χ1n) is 9.25. The lowest BCUT2D eigenvalue weighted by Gasteiger charge is -2.39. The standard InChI is InChI=1S/C18H22ClFN4O2S2/c1-12(18-4-2-7-24(18)8-3-5-18)22-15-11-14(20)16(10-13(15)19)28(25,26)23-17-21-6-9-27-17/h6,9-12,22H,2-5,7-8H2,1H3,(H,21,23)/t12-/m1/s1. The monoisotopic (exact) mass is 444 g/mol. The lowest BCUT2D eigenvalue weighted by atomic mass is 9.86. The maximum absolute atomic E-state index is 14.7. The van der Waals surface area contributed by atoms with Crippen molar-refractivity contribution >= 4 is 43.8 Å². The second-order valence-corrected chi connectivity index (χ2v) is 10.3. The van der Waals surface area contributed by atoms with Crippen molar-refractivity contribution in [2.75, 3.05) is 23.1 Å². The Labute approximate surface area is 173 Å². The third-order valence-corrected chi connectivity index (χ3v) is 8.33. The zero-order chi connectivity index (χ0) is 19.9. The maximum atomic E-state index is 14.7. The SMILES string of the molecule is C[C@@H](Nc1cc(F)c(S(=O)(=O)Nc2nccs2)cc1Cl)C12CCCN1CCC2. The van der Waals surface area contributed by atoms with Crippen LogP contribution in [0.4, 0.5) is 15.2 Å². The Morgan fingerprint density at radius 1 is 1.32 bits per heavy atom. The van der Waals surface area contributed by atoms with Crippen molar-refractivity contribution in [1.29, 1.82) is 0 Å². The van der Waals surface area contributed by atoms with Crippen LogP contribution in [0.25, 0.3) is 0 Å². The Kier molecular flexibility index (Phi) is 5.28. The molecule has 2 aromatic rings. The minimum Gasteiger partial charge on any atom is -0.379 e. The van der Waals surface area contributed by atoms with Gasteiger partial charge in [-0.05, 0) is 57.8 Å². The number of thiazole rings is 1. The number of benzene rings is 1. The van der Waals surface area contributed by atoms with Gasteiger partial charge in [-0.15, -0.1) is 11.3 Å². The summed E-state index contributed by atoms with van der Waals surface area (Å²) in [6.45, 7) is 4.27. The molecule has 2 N–H and O–H groups in total. The number of rotatable bonds is 6. The van der Waals surface area contributed by atoms with Crippen LogP contribution in [-0.4, -0.2) is 43.0 Å². The molecule has 3 heterocycles. The molecule has 2 saturated heterocycles. The van der Waals surface area contributed by atoms with Gasteiger partial charge in [-0.2, -0.15) is 0 Å². The highest BCUT2D eigenvalue weighted by molar-refractivity contribution is 7.93. The predicted molar refractivity (Wildman–Crippen MR) is 110 cm³/mol. The lowest BCUT2D eigenvalue weighted by Crippen LogP contribution is -2.50. The summed E-state index contributed by atoms with van der Waals surface area (Å²) in [6.07, 6.45) is 5.99. The van der Waals surface area contributed by atoms with E-state index in [2.05, 4.69) is 26.8 Å². The van der Waals surface area contributed by atoms with Gasteiger partial charge in [0.1, 0.15) is 10.7 Å². The van der Waals surface area contributed by atoms with E-state index >= 15 is 0 Å². The van der Waals surface area contributed by atoms with Crippen molar-refractivity contribution in [3.8, 4) is 0 Å². The molecule has 0 spiro atoms. The van der Waals surface area contributed by atoms with E-state index in [4.69, 9.17) is 11.6 Å². The second kappa shape index (κ2) is 7.44. The first-order chi connectivity index (χ1) is 13.3. The van der Waals surface area contributed by atoms with Crippen LogP contribution in [0.15, 0.2) is 28.6 Å². The normalized spacial score (nSPS) is 20.1. The van der Waals surface area contributed by atoms with Crippen molar-refractivity contribution in [1.82, 2.24) is 9.88 Å². The van der Waals surface area contributed by atoms with Gasteiger partial charge in [0, 0.05) is 23.2 Å². The summed E-state index contributed by atoms with van der Waals surface area (Å²) in [6, 6.07) is 2.39. The fraction of sp³-hybridized carbons (Fsp3) is 0.500. The molecular formula is C18H22ClFN4O2S2. The molecule has 0 saturated carbocycles. The van der Waals surface area contributed by atoms with E-state index in [1.807, 2.05) is 0 Å². The number of sulfonamides is 1. The first kappa shape index (κ1) is 19.9. The second-order valence-electron chi connectivity index (χ2n) is 7.37. The molecule has 10 heteroatoms. The number of nitrogens with zero attached hydrogens (tertiary/aromatic N) is 2. The van der Waals surface area contributed by atoms with Crippen LogP contribution in [0.5, 0.6) is 0 Å². The summed E-state index contributed by atoms with van der Waals surface area (Å²) >= 11 is 7.45. The molecule has 4 rings (SSSR count). The maximum Gasteiger partial charge on any atom is 0.266 e. The van der Waals surface area contributed by atoms with Gasteiger partial charge in [-0.25, -0.2) is 17.8 Å². The minimum absolute atomic E-state index is 0.0664. The van der Waals surface area contributed by atoms with Gasteiger partial charge in [0.25, 0.3) is 10.0 Å². The number of hydrogen-bond acceptors (Lipinski definition) is 6. The zero-order valence-electron chi connectivity index (χ0n) is 15.4. The van der Waals surface area contributed by atoms with Gasteiger partial charge in [0.2, 0.25) is 0 Å². The average molecular weight is 445 g/mol. The number of nitrogens with one attached hydrogen (secondary N) is 2. The van der Waals surface area contributed by atoms with E-state index in [9.17, 15) is 12.8 Å². The van der Waals surface area contributed by atoms with Gasteiger partial charge in [0.15, 0.2) is 5.13 Å². The fourth-order valence-electron chi connectivity index (χ4n) is 4.51. The van der Waals surface area contributed by atoms with Crippen LogP contribution in [0, 0.1) is 5.82 Å². The molecule has 2 aliphatic rings.